The first kappa shape index (κ1) is 15.5. The minimum Gasteiger partial charge on any atom is -0.302 e. The van der Waals surface area contributed by atoms with E-state index in [0.717, 1.165) is 18.4 Å². The molecule has 104 valence electrons. The summed E-state index contributed by atoms with van der Waals surface area (Å²) in [6.45, 7) is 8.69. The Labute approximate surface area is 115 Å². The second-order valence-electron chi connectivity index (χ2n) is 4.68. The van der Waals surface area contributed by atoms with Gasteiger partial charge in [0, 0.05) is 25.3 Å². The average Bonchev–Trinajstić information content (AvgIpc) is 2.38. The zero-order valence-corrected chi connectivity index (χ0v) is 11.7. The van der Waals surface area contributed by atoms with Crippen LogP contribution in [-0.4, -0.2) is 24.4 Å². The molecule has 1 fully saturated rings. The summed E-state index contributed by atoms with van der Waals surface area (Å²) < 4.78 is 0. The summed E-state index contributed by atoms with van der Waals surface area (Å²) in [4.78, 5) is 22.6. The molecule has 19 heavy (non-hydrogen) atoms. The quantitative estimate of drug-likeness (QED) is 0.447. The molecule has 1 heterocycles. The molecular formula is C15H22N2O2. The number of imide groups is 1. The van der Waals surface area contributed by atoms with Gasteiger partial charge in [0.25, 0.3) is 0 Å². The molecule has 0 radical (unpaired) electrons. The fourth-order valence-corrected chi connectivity index (χ4v) is 1.98. The monoisotopic (exact) mass is 262 g/mol. The number of amides is 2. The molecule has 0 aromatic rings. The number of nitrogens with one attached hydrogen (secondary N) is 2. The maximum atomic E-state index is 11.6. The van der Waals surface area contributed by atoms with E-state index >= 15 is 0 Å². The normalized spacial score (nSPS) is 20.2. The number of rotatable bonds is 5. The average molecular weight is 262 g/mol. The van der Waals surface area contributed by atoms with Crippen LogP contribution in [0.1, 0.15) is 39.5 Å². The largest absolute Gasteiger partial charge is 0.302 e. The van der Waals surface area contributed by atoms with Crippen molar-refractivity contribution in [3.8, 4) is 11.8 Å². The molecule has 1 saturated heterocycles. The predicted octanol–water partition coefficient (Wildman–Crippen LogP) is 1.38. The van der Waals surface area contributed by atoms with Gasteiger partial charge in [-0.05, 0) is 18.4 Å². The third-order valence-corrected chi connectivity index (χ3v) is 3.17. The predicted molar refractivity (Wildman–Crippen MR) is 75.2 cm³/mol. The van der Waals surface area contributed by atoms with E-state index in [-0.39, 0.29) is 23.8 Å². The summed E-state index contributed by atoms with van der Waals surface area (Å²) in [5.41, 5.74) is 0.994. The highest BCUT2D eigenvalue weighted by Crippen LogP contribution is 2.12. The van der Waals surface area contributed by atoms with Crippen LogP contribution in [0, 0.1) is 17.8 Å². The molecule has 0 spiro atoms. The molecule has 2 unspecified atom stereocenters. The third-order valence-electron chi connectivity index (χ3n) is 3.17. The van der Waals surface area contributed by atoms with Crippen molar-refractivity contribution in [1.82, 2.24) is 10.6 Å². The van der Waals surface area contributed by atoms with Crippen molar-refractivity contribution in [2.75, 3.05) is 6.54 Å². The second-order valence-corrected chi connectivity index (χ2v) is 4.68. The molecule has 2 amide bonds. The summed E-state index contributed by atoms with van der Waals surface area (Å²) in [5.74, 6) is 5.99. The number of hydrogen-bond donors (Lipinski definition) is 2. The van der Waals surface area contributed by atoms with Gasteiger partial charge in [-0.15, -0.1) is 5.92 Å². The lowest BCUT2D eigenvalue weighted by atomic mass is 9.97. The van der Waals surface area contributed by atoms with Crippen LogP contribution in [0.4, 0.5) is 0 Å². The van der Waals surface area contributed by atoms with Gasteiger partial charge < -0.3 is 5.32 Å². The van der Waals surface area contributed by atoms with E-state index < -0.39 is 0 Å². The highest BCUT2D eigenvalue weighted by molar-refractivity contribution is 6.00. The van der Waals surface area contributed by atoms with Crippen molar-refractivity contribution in [3.63, 3.8) is 0 Å². The smallest absolute Gasteiger partial charge is 0.243 e. The molecule has 0 aromatic heterocycles. The van der Waals surface area contributed by atoms with Gasteiger partial charge in [-0.2, -0.15) is 0 Å². The van der Waals surface area contributed by atoms with Gasteiger partial charge in [0.05, 0.1) is 6.04 Å². The Hall–Kier alpha value is -1.60. The zero-order valence-electron chi connectivity index (χ0n) is 11.7. The Balaban J connectivity index is 2.45. The topological polar surface area (TPSA) is 58.2 Å². The first-order valence-electron chi connectivity index (χ1n) is 6.81. The Morgan fingerprint density at radius 1 is 1.53 bits per heavy atom. The molecule has 0 aromatic carbocycles. The molecular weight excluding hydrogens is 240 g/mol. The number of carbonyl (C=O) groups is 2. The molecule has 0 saturated carbocycles. The van der Waals surface area contributed by atoms with E-state index in [1.807, 2.05) is 6.92 Å². The van der Waals surface area contributed by atoms with Crippen molar-refractivity contribution < 1.29 is 9.59 Å². The van der Waals surface area contributed by atoms with Gasteiger partial charge in [0.15, 0.2) is 0 Å². The van der Waals surface area contributed by atoms with E-state index in [2.05, 4.69) is 36.0 Å². The molecule has 0 aliphatic carbocycles. The molecule has 4 heteroatoms. The Bertz CT molecular complexity index is 418. The molecule has 1 aliphatic rings. The number of hydrogen-bond acceptors (Lipinski definition) is 3. The molecule has 2 atom stereocenters. The minimum atomic E-state index is -0.300. The first-order chi connectivity index (χ1) is 9.08. The van der Waals surface area contributed by atoms with Crippen LogP contribution >= 0.6 is 0 Å². The van der Waals surface area contributed by atoms with Gasteiger partial charge in [-0.25, -0.2) is 0 Å². The summed E-state index contributed by atoms with van der Waals surface area (Å²) in [6.07, 6.45) is 2.70. The van der Waals surface area contributed by atoms with Crippen LogP contribution in [-0.2, 0) is 9.59 Å². The zero-order chi connectivity index (χ0) is 14.3. The van der Waals surface area contributed by atoms with Gasteiger partial charge in [-0.3, -0.25) is 14.9 Å². The lowest BCUT2D eigenvalue weighted by molar-refractivity contribution is -0.134. The molecule has 2 N–H and O–H groups in total. The first-order valence-corrected chi connectivity index (χ1v) is 6.81. The lowest BCUT2D eigenvalue weighted by Gasteiger charge is -2.23. The van der Waals surface area contributed by atoms with Crippen LogP contribution in [0.5, 0.6) is 0 Å². The SMILES string of the molecule is C=C(CNC1CCC(=O)NC1=O)C(C#CCC)CC. The number of piperidine rings is 1. The van der Waals surface area contributed by atoms with E-state index in [0.29, 0.717) is 19.4 Å². The summed E-state index contributed by atoms with van der Waals surface area (Å²) in [5, 5.41) is 5.48. The summed E-state index contributed by atoms with van der Waals surface area (Å²) in [7, 11) is 0. The molecule has 1 aliphatic heterocycles. The van der Waals surface area contributed by atoms with Crippen LogP contribution in [0.3, 0.4) is 0 Å². The van der Waals surface area contributed by atoms with Gasteiger partial charge in [0.2, 0.25) is 11.8 Å². The Morgan fingerprint density at radius 3 is 2.84 bits per heavy atom. The Morgan fingerprint density at radius 2 is 2.26 bits per heavy atom. The maximum absolute atomic E-state index is 11.6. The van der Waals surface area contributed by atoms with Crippen LogP contribution in [0.2, 0.25) is 0 Å². The van der Waals surface area contributed by atoms with E-state index in [1.54, 1.807) is 0 Å². The molecule has 1 rings (SSSR count). The molecule has 0 bridgehead atoms. The van der Waals surface area contributed by atoms with Crippen LogP contribution < -0.4 is 10.6 Å². The summed E-state index contributed by atoms with van der Waals surface area (Å²) in [6, 6.07) is -0.300. The lowest BCUT2D eigenvalue weighted by Crippen LogP contribution is -2.51. The number of carbonyl (C=O) groups excluding carboxylic acids is 2. The van der Waals surface area contributed by atoms with Crippen LogP contribution in [0.15, 0.2) is 12.2 Å². The molecule has 4 nitrogen and oxygen atoms in total. The third kappa shape index (κ3) is 4.88. The van der Waals surface area contributed by atoms with Crippen LogP contribution in [0.25, 0.3) is 0 Å². The van der Waals surface area contributed by atoms with E-state index in [4.69, 9.17) is 0 Å². The minimum absolute atomic E-state index is 0.167. The van der Waals surface area contributed by atoms with Crippen molar-refractivity contribution in [1.29, 1.82) is 0 Å². The van der Waals surface area contributed by atoms with Crippen molar-refractivity contribution in [2.24, 2.45) is 5.92 Å². The highest BCUT2D eigenvalue weighted by atomic mass is 16.2. The maximum Gasteiger partial charge on any atom is 0.243 e. The van der Waals surface area contributed by atoms with E-state index in [1.165, 1.54) is 0 Å². The van der Waals surface area contributed by atoms with Crippen molar-refractivity contribution in [3.05, 3.63) is 12.2 Å². The van der Waals surface area contributed by atoms with Gasteiger partial charge >= 0.3 is 0 Å². The fraction of sp³-hybridized carbons (Fsp3) is 0.600. The Kier molecular flexibility index (Phi) is 6.31. The van der Waals surface area contributed by atoms with Crippen molar-refractivity contribution in [2.45, 2.75) is 45.6 Å². The van der Waals surface area contributed by atoms with Crippen molar-refractivity contribution >= 4 is 11.8 Å². The highest BCUT2D eigenvalue weighted by Gasteiger charge is 2.26. The standard InChI is InChI=1S/C15H22N2O2/c1-4-6-7-12(5-2)11(3)10-16-13-8-9-14(18)17-15(13)19/h12-13,16H,3-5,8-10H2,1-2H3,(H,17,18,19). The second kappa shape index (κ2) is 7.75. The fourth-order valence-electron chi connectivity index (χ4n) is 1.98. The van der Waals surface area contributed by atoms with E-state index in [9.17, 15) is 9.59 Å². The van der Waals surface area contributed by atoms with Gasteiger partial charge in [-0.1, -0.05) is 26.3 Å². The summed E-state index contributed by atoms with van der Waals surface area (Å²) >= 11 is 0. The van der Waals surface area contributed by atoms with Gasteiger partial charge in [0.1, 0.15) is 0 Å².